The summed E-state index contributed by atoms with van der Waals surface area (Å²) in [5.41, 5.74) is 1.61. The molecule has 1 aliphatic rings. The second kappa shape index (κ2) is 12.9. The molecule has 0 radical (unpaired) electrons. The fraction of sp³-hybridized carbons (Fsp3) is 0.357. The van der Waals surface area contributed by atoms with Gasteiger partial charge in [-0.05, 0) is 78.4 Å². The Bertz CT molecular complexity index is 1180. The van der Waals surface area contributed by atoms with E-state index < -0.39 is 0 Å². The number of carbonyl (C=O) groups is 2. The molecule has 3 aromatic rings. The van der Waals surface area contributed by atoms with Crippen molar-refractivity contribution in [2.45, 2.75) is 18.9 Å². The zero-order valence-electron chi connectivity index (χ0n) is 21.0. The van der Waals surface area contributed by atoms with Crippen LogP contribution in [-0.4, -0.2) is 68.7 Å². The maximum Gasteiger partial charge on any atom is 0.254 e. The Morgan fingerprint density at radius 3 is 2.49 bits per heavy atom. The SMILES string of the molecule is COCCCN(CC(=O)N1CCc2sccc2C1COc1ccc(Cl)cc1)C(=O)c1ccc(OC)cc1. The number of amides is 2. The summed E-state index contributed by atoms with van der Waals surface area (Å²) in [5, 5.41) is 2.69. The zero-order valence-corrected chi connectivity index (χ0v) is 22.6. The van der Waals surface area contributed by atoms with Gasteiger partial charge in [0.1, 0.15) is 24.7 Å². The van der Waals surface area contributed by atoms with Crippen molar-refractivity contribution in [1.82, 2.24) is 9.80 Å². The number of carbonyl (C=O) groups excluding carboxylic acids is 2. The van der Waals surface area contributed by atoms with Gasteiger partial charge in [-0.2, -0.15) is 0 Å². The summed E-state index contributed by atoms with van der Waals surface area (Å²) in [7, 11) is 3.20. The molecular formula is C28H31ClN2O5S. The van der Waals surface area contributed by atoms with Crippen LogP contribution in [-0.2, 0) is 16.0 Å². The first kappa shape index (κ1) is 27.0. The molecule has 37 heavy (non-hydrogen) atoms. The first-order valence-corrected chi connectivity index (χ1v) is 13.4. The van der Waals surface area contributed by atoms with Gasteiger partial charge in [-0.15, -0.1) is 11.3 Å². The average molecular weight is 543 g/mol. The van der Waals surface area contributed by atoms with Crippen LogP contribution in [0.15, 0.2) is 60.0 Å². The molecule has 1 unspecified atom stereocenters. The summed E-state index contributed by atoms with van der Waals surface area (Å²) in [4.78, 5) is 31.8. The number of methoxy groups -OCH3 is 2. The van der Waals surface area contributed by atoms with Crippen molar-refractivity contribution in [3.8, 4) is 11.5 Å². The van der Waals surface area contributed by atoms with Crippen LogP contribution in [0.3, 0.4) is 0 Å². The van der Waals surface area contributed by atoms with Crippen LogP contribution < -0.4 is 9.47 Å². The molecule has 0 N–H and O–H groups in total. The number of fused-ring (bicyclic) bond motifs is 1. The van der Waals surface area contributed by atoms with Crippen molar-refractivity contribution in [3.05, 3.63) is 81.0 Å². The molecule has 7 nitrogen and oxygen atoms in total. The van der Waals surface area contributed by atoms with Gasteiger partial charge in [-0.3, -0.25) is 9.59 Å². The predicted octanol–water partition coefficient (Wildman–Crippen LogP) is 5.09. The van der Waals surface area contributed by atoms with Gasteiger partial charge in [0.25, 0.3) is 5.91 Å². The number of rotatable bonds is 11. The third-order valence-electron chi connectivity index (χ3n) is 6.36. The number of thiophene rings is 1. The molecular weight excluding hydrogens is 512 g/mol. The van der Waals surface area contributed by atoms with E-state index in [0.717, 1.165) is 12.0 Å². The van der Waals surface area contributed by atoms with Gasteiger partial charge in [0.05, 0.1) is 13.2 Å². The molecule has 2 aromatic carbocycles. The quantitative estimate of drug-likeness (QED) is 0.316. The highest BCUT2D eigenvalue weighted by atomic mass is 35.5. The molecule has 0 bridgehead atoms. The summed E-state index contributed by atoms with van der Waals surface area (Å²) in [5.74, 6) is 1.05. The Balaban J connectivity index is 1.51. The molecule has 0 aliphatic carbocycles. The minimum Gasteiger partial charge on any atom is -0.497 e. The number of hydrogen-bond acceptors (Lipinski definition) is 6. The molecule has 0 saturated carbocycles. The van der Waals surface area contributed by atoms with Crippen LogP contribution in [0, 0.1) is 0 Å². The fourth-order valence-electron chi connectivity index (χ4n) is 4.40. The van der Waals surface area contributed by atoms with Crippen molar-refractivity contribution in [2.24, 2.45) is 0 Å². The molecule has 9 heteroatoms. The second-order valence-corrected chi connectivity index (χ2v) is 10.2. The lowest BCUT2D eigenvalue weighted by Gasteiger charge is -2.37. The standard InChI is InChI=1S/C28H31ClN2O5S/c1-34-16-3-14-30(28(33)20-4-8-22(35-2)9-5-20)18-27(32)31-15-12-26-24(13-17-37-26)25(31)19-36-23-10-6-21(29)7-11-23/h4-11,13,17,25H,3,12,14-16,18-19H2,1-2H3. The van der Waals surface area contributed by atoms with Crippen molar-refractivity contribution in [3.63, 3.8) is 0 Å². The number of ether oxygens (including phenoxy) is 3. The van der Waals surface area contributed by atoms with E-state index in [9.17, 15) is 9.59 Å². The molecule has 0 spiro atoms. The summed E-state index contributed by atoms with van der Waals surface area (Å²) in [6, 6.07) is 15.9. The average Bonchev–Trinajstić information content (AvgIpc) is 3.41. The van der Waals surface area contributed by atoms with E-state index in [1.165, 1.54) is 4.88 Å². The third-order valence-corrected chi connectivity index (χ3v) is 7.61. The highest BCUT2D eigenvalue weighted by Crippen LogP contribution is 2.34. The van der Waals surface area contributed by atoms with E-state index in [-0.39, 0.29) is 24.4 Å². The first-order valence-electron chi connectivity index (χ1n) is 12.2. The van der Waals surface area contributed by atoms with E-state index in [1.54, 1.807) is 66.9 Å². The molecule has 2 heterocycles. The fourth-order valence-corrected chi connectivity index (χ4v) is 5.46. The molecule has 1 atom stereocenters. The zero-order chi connectivity index (χ0) is 26.2. The van der Waals surface area contributed by atoms with Crippen LogP contribution in [0.1, 0.15) is 33.3 Å². The van der Waals surface area contributed by atoms with Crippen LogP contribution in [0.4, 0.5) is 0 Å². The molecule has 1 aliphatic heterocycles. The smallest absolute Gasteiger partial charge is 0.254 e. The molecule has 2 amide bonds. The Kier molecular flexibility index (Phi) is 9.44. The van der Waals surface area contributed by atoms with E-state index in [2.05, 4.69) is 11.4 Å². The van der Waals surface area contributed by atoms with E-state index in [4.69, 9.17) is 25.8 Å². The molecule has 4 rings (SSSR count). The van der Waals surface area contributed by atoms with Gasteiger partial charge in [-0.25, -0.2) is 0 Å². The van der Waals surface area contributed by atoms with E-state index in [1.807, 2.05) is 17.0 Å². The Morgan fingerprint density at radius 2 is 1.78 bits per heavy atom. The van der Waals surface area contributed by atoms with Crippen LogP contribution in [0.5, 0.6) is 11.5 Å². The van der Waals surface area contributed by atoms with Crippen molar-refractivity contribution < 1.29 is 23.8 Å². The summed E-state index contributed by atoms with van der Waals surface area (Å²) < 4.78 is 16.5. The van der Waals surface area contributed by atoms with Crippen molar-refractivity contribution >= 4 is 34.8 Å². The normalized spacial score (nSPS) is 14.7. The number of nitrogens with zero attached hydrogens (tertiary/aromatic N) is 2. The van der Waals surface area contributed by atoms with E-state index in [0.29, 0.717) is 54.8 Å². The minimum atomic E-state index is -0.241. The first-order chi connectivity index (χ1) is 18.0. The van der Waals surface area contributed by atoms with Crippen LogP contribution >= 0.6 is 22.9 Å². The Morgan fingerprint density at radius 1 is 1.05 bits per heavy atom. The lowest BCUT2D eigenvalue weighted by Crippen LogP contribution is -2.48. The van der Waals surface area contributed by atoms with Gasteiger partial charge in [0, 0.05) is 42.3 Å². The van der Waals surface area contributed by atoms with Gasteiger partial charge in [0.2, 0.25) is 5.91 Å². The topological polar surface area (TPSA) is 68.3 Å². The van der Waals surface area contributed by atoms with Crippen molar-refractivity contribution in [2.75, 3.05) is 47.1 Å². The van der Waals surface area contributed by atoms with Gasteiger partial charge < -0.3 is 24.0 Å². The number of hydrogen-bond donors (Lipinski definition) is 0. The second-order valence-electron chi connectivity index (χ2n) is 8.72. The molecule has 1 aromatic heterocycles. The lowest BCUT2D eigenvalue weighted by atomic mass is 10.0. The highest BCUT2D eigenvalue weighted by Gasteiger charge is 2.33. The molecule has 196 valence electrons. The Labute approximate surface area is 226 Å². The van der Waals surface area contributed by atoms with E-state index >= 15 is 0 Å². The molecule has 0 fully saturated rings. The van der Waals surface area contributed by atoms with Crippen molar-refractivity contribution in [1.29, 1.82) is 0 Å². The summed E-state index contributed by atoms with van der Waals surface area (Å²) >= 11 is 7.70. The van der Waals surface area contributed by atoms with Crippen LogP contribution in [0.2, 0.25) is 5.02 Å². The van der Waals surface area contributed by atoms with Crippen LogP contribution in [0.25, 0.3) is 0 Å². The minimum absolute atomic E-state index is 0.0223. The Hall–Kier alpha value is -3.07. The number of benzene rings is 2. The largest absolute Gasteiger partial charge is 0.497 e. The maximum atomic E-state index is 13.7. The van der Waals surface area contributed by atoms with Gasteiger partial charge in [0.15, 0.2) is 0 Å². The lowest BCUT2D eigenvalue weighted by molar-refractivity contribution is -0.135. The highest BCUT2D eigenvalue weighted by molar-refractivity contribution is 7.10. The number of halogens is 1. The maximum absolute atomic E-state index is 13.7. The van der Waals surface area contributed by atoms with Gasteiger partial charge in [-0.1, -0.05) is 11.6 Å². The third kappa shape index (κ3) is 6.83. The predicted molar refractivity (Wildman–Crippen MR) is 145 cm³/mol. The van der Waals surface area contributed by atoms with Gasteiger partial charge >= 0.3 is 0 Å². The summed E-state index contributed by atoms with van der Waals surface area (Å²) in [6.45, 7) is 1.77. The monoisotopic (exact) mass is 542 g/mol. The summed E-state index contributed by atoms with van der Waals surface area (Å²) in [6.07, 6.45) is 1.41. The molecule has 0 saturated heterocycles.